The van der Waals surface area contributed by atoms with E-state index in [1.54, 1.807) is 17.0 Å². The highest BCUT2D eigenvalue weighted by molar-refractivity contribution is 5.82. The van der Waals surface area contributed by atoms with E-state index in [0.29, 0.717) is 25.1 Å². The molecule has 0 saturated carbocycles. The molecule has 0 spiro atoms. The minimum atomic E-state index is -1.12. The molecule has 1 N–H and O–H groups in total. The zero-order chi connectivity index (χ0) is 15.5. The molecule has 2 aliphatic heterocycles. The van der Waals surface area contributed by atoms with Crippen LogP contribution in [0.15, 0.2) is 30.3 Å². The van der Waals surface area contributed by atoms with Crippen LogP contribution in [-0.2, 0) is 9.59 Å². The van der Waals surface area contributed by atoms with E-state index in [9.17, 15) is 14.7 Å². The normalized spacial score (nSPS) is 23.7. The second kappa shape index (κ2) is 6.48. The van der Waals surface area contributed by atoms with E-state index < -0.39 is 6.10 Å². The third-order valence-corrected chi connectivity index (χ3v) is 4.61. The van der Waals surface area contributed by atoms with E-state index in [1.807, 2.05) is 23.1 Å². The third kappa shape index (κ3) is 2.99. The molecule has 0 aliphatic carbocycles. The van der Waals surface area contributed by atoms with Gasteiger partial charge in [-0.05, 0) is 24.8 Å². The molecule has 2 heterocycles. The maximum Gasteiger partial charge on any atom is 0.256 e. The molecule has 2 saturated heterocycles. The molecule has 22 heavy (non-hydrogen) atoms. The minimum absolute atomic E-state index is 0.107. The number of hydrogen-bond acceptors (Lipinski definition) is 3. The van der Waals surface area contributed by atoms with Gasteiger partial charge >= 0.3 is 0 Å². The fourth-order valence-electron chi connectivity index (χ4n) is 3.42. The summed E-state index contributed by atoms with van der Waals surface area (Å²) in [6.07, 6.45) is 2.24. The monoisotopic (exact) mass is 302 g/mol. The first-order valence-electron chi connectivity index (χ1n) is 7.98. The van der Waals surface area contributed by atoms with E-state index in [4.69, 9.17) is 0 Å². The van der Waals surface area contributed by atoms with Crippen molar-refractivity contribution in [3.8, 4) is 0 Å². The number of piperidine rings is 1. The summed E-state index contributed by atoms with van der Waals surface area (Å²) in [6, 6.07) is 9.11. The van der Waals surface area contributed by atoms with Crippen molar-refractivity contribution in [2.45, 2.75) is 37.8 Å². The van der Waals surface area contributed by atoms with Gasteiger partial charge in [-0.1, -0.05) is 30.3 Å². The van der Waals surface area contributed by atoms with Crippen LogP contribution < -0.4 is 0 Å². The highest BCUT2D eigenvalue weighted by atomic mass is 16.3. The number of hydrogen-bond donors (Lipinski definition) is 1. The first kappa shape index (κ1) is 15.0. The fourth-order valence-corrected chi connectivity index (χ4v) is 3.42. The first-order chi connectivity index (χ1) is 10.7. The van der Waals surface area contributed by atoms with Crippen LogP contribution in [0, 0.1) is 0 Å². The maximum atomic E-state index is 12.5. The summed E-state index contributed by atoms with van der Waals surface area (Å²) in [6.45, 7) is 1.99. The number of aliphatic hydroxyl groups excluding tert-OH is 1. The molecule has 1 aromatic carbocycles. The van der Waals surface area contributed by atoms with Crippen molar-refractivity contribution < 1.29 is 14.7 Å². The van der Waals surface area contributed by atoms with E-state index in [0.717, 1.165) is 25.8 Å². The lowest BCUT2D eigenvalue weighted by atomic mass is 10.0. The van der Waals surface area contributed by atoms with Crippen LogP contribution in [0.2, 0.25) is 0 Å². The van der Waals surface area contributed by atoms with Gasteiger partial charge in [-0.3, -0.25) is 9.59 Å². The molecule has 3 rings (SSSR count). The topological polar surface area (TPSA) is 60.9 Å². The molecular weight excluding hydrogens is 280 g/mol. The van der Waals surface area contributed by atoms with Gasteiger partial charge in [0.15, 0.2) is 6.10 Å². The van der Waals surface area contributed by atoms with Gasteiger partial charge in [-0.25, -0.2) is 0 Å². The van der Waals surface area contributed by atoms with E-state index in [2.05, 4.69) is 0 Å². The van der Waals surface area contributed by atoms with E-state index >= 15 is 0 Å². The van der Waals surface area contributed by atoms with Crippen LogP contribution in [0.25, 0.3) is 0 Å². The number of carbonyl (C=O) groups excluding carboxylic acids is 2. The van der Waals surface area contributed by atoms with Gasteiger partial charge in [0, 0.05) is 32.1 Å². The second-order valence-corrected chi connectivity index (χ2v) is 6.08. The standard InChI is InChI=1S/C17H22N2O3/c20-15-9-5-11-19(15)14-8-4-10-18(12-14)17(22)16(21)13-6-2-1-3-7-13/h1-3,6-7,14,16,21H,4-5,8-12H2. The van der Waals surface area contributed by atoms with Crippen LogP contribution in [0.3, 0.4) is 0 Å². The van der Waals surface area contributed by atoms with Crippen molar-refractivity contribution in [3.05, 3.63) is 35.9 Å². The van der Waals surface area contributed by atoms with Crippen molar-refractivity contribution in [2.24, 2.45) is 0 Å². The van der Waals surface area contributed by atoms with E-state index in [-0.39, 0.29) is 17.9 Å². The van der Waals surface area contributed by atoms with Crippen LogP contribution >= 0.6 is 0 Å². The number of benzene rings is 1. The molecule has 0 bridgehead atoms. The highest BCUT2D eigenvalue weighted by Crippen LogP contribution is 2.24. The van der Waals surface area contributed by atoms with Crippen molar-refractivity contribution in [1.82, 2.24) is 9.80 Å². The van der Waals surface area contributed by atoms with Gasteiger partial charge in [0.25, 0.3) is 5.91 Å². The average molecular weight is 302 g/mol. The number of aliphatic hydroxyl groups is 1. The quantitative estimate of drug-likeness (QED) is 0.916. The molecule has 2 unspecified atom stereocenters. The van der Waals surface area contributed by atoms with E-state index in [1.165, 1.54) is 0 Å². The Kier molecular flexibility index (Phi) is 4.43. The number of amides is 2. The Morgan fingerprint density at radius 3 is 2.64 bits per heavy atom. The molecule has 5 nitrogen and oxygen atoms in total. The van der Waals surface area contributed by atoms with Gasteiger partial charge < -0.3 is 14.9 Å². The maximum absolute atomic E-state index is 12.5. The zero-order valence-electron chi connectivity index (χ0n) is 12.6. The fraction of sp³-hybridized carbons (Fsp3) is 0.529. The molecule has 1 aromatic rings. The van der Waals surface area contributed by atoms with Gasteiger partial charge in [-0.15, -0.1) is 0 Å². The predicted molar refractivity (Wildman–Crippen MR) is 82.0 cm³/mol. The third-order valence-electron chi connectivity index (χ3n) is 4.61. The summed E-state index contributed by atoms with van der Waals surface area (Å²) in [5.74, 6) is -0.0644. The van der Waals surface area contributed by atoms with Crippen LogP contribution in [0.5, 0.6) is 0 Å². The summed E-state index contributed by atoms with van der Waals surface area (Å²) < 4.78 is 0. The number of rotatable bonds is 3. The van der Waals surface area contributed by atoms with Crippen molar-refractivity contribution >= 4 is 11.8 Å². The molecule has 0 radical (unpaired) electrons. The Bertz CT molecular complexity index is 546. The Morgan fingerprint density at radius 2 is 1.95 bits per heavy atom. The Labute approximate surface area is 130 Å². The zero-order valence-corrected chi connectivity index (χ0v) is 12.6. The first-order valence-corrected chi connectivity index (χ1v) is 7.98. The molecular formula is C17H22N2O3. The minimum Gasteiger partial charge on any atom is -0.378 e. The molecule has 2 aliphatic rings. The van der Waals surface area contributed by atoms with Gasteiger partial charge in [-0.2, -0.15) is 0 Å². The molecule has 2 amide bonds. The summed E-state index contributed by atoms with van der Waals surface area (Å²) in [4.78, 5) is 28.0. The van der Waals surface area contributed by atoms with Crippen LogP contribution in [0.1, 0.15) is 37.4 Å². The molecule has 2 atom stereocenters. The van der Waals surface area contributed by atoms with Crippen molar-refractivity contribution in [1.29, 1.82) is 0 Å². The Hall–Kier alpha value is -1.88. The summed E-state index contributed by atoms with van der Waals surface area (Å²) in [5, 5.41) is 10.3. The predicted octanol–water partition coefficient (Wildman–Crippen LogP) is 1.33. The lowest BCUT2D eigenvalue weighted by molar-refractivity contribution is -0.144. The lowest BCUT2D eigenvalue weighted by Gasteiger charge is -2.38. The SMILES string of the molecule is O=C(C(O)c1ccccc1)N1CCCC(N2CCCC2=O)C1. The summed E-state index contributed by atoms with van der Waals surface area (Å²) in [5.41, 5.74) is 0.617. The van der Waals surface area contributed by atoms with Gasteiger partial charge in [0.1, 0.15) is 0 Å². The van der Waals surface area contributed by atoms with Gasteiger partial charge in [0.05, 0.1) is 0 Å². The molecule has 118 valence electrons. The smallest absolute Gasteiger partial charge is 0.256 e. The van der Waals surface area contributed by atoms with Gasteiger partial charge in [0.2, 0.25) is 5.91 Å². The van der Waals surface area contributed by atoms with Crippen molar-refractivity contribution in [3.63, 3.8) is 0 Å². The largest absolute Gasteiger partial charge is 0.378 e. The average Bonchev–Trinajstić information content (AvgIpc) is 3.00. The summed E-state index contributed by atoms with van der Waals surface area (Å²) in [7, 11) is 0. The van der Waals surface area contributed by atoms with Crippen LogP contribution in [-0.4, -0.2) is 52.4 Å². The lowest BCUT2D eigenvalue weighted by Crippen LogP contribution is -2.51. The molecule has 0 aromatic heterocycles. The number of carbonyl (C=O) groups is 2. The molecule has 2 fully saturated rings. The van der Waals surface area contributed by atoms with Crippen LogP contribution in [0.4, 0.5) is 0 Å². The second-order valence-electron chi connectivity index (χ2n) is 6.08. The number of nitrogens with zero attached hydrogens (tertiary/aromatic N) is 2. The van der Waals surface area contributed by atoms with Crippen molar-refractivity contribution in [2.75, 3.05) is 19.6 Å². The Balaban J connectivity index is 1.66. The number of likely N-dealkylation sites (tertiary alicyclic amines) is 2. The Morgan fingerprint density at radius 1 is 1.18 bits per heavy atom. The highest BCUT2D eigenvalue weighted by Gasteiger charge is 2.34. The molecule has 5 heteroatoms. The summed E-state index contributed by atoms with van der Waals surface area (Å²) >= 11 is 0.